The number of benzene rings is 1. The minimum Gasteiger partial charge on any atom is -0.458 e. The number of aliphatic hydroxyl groups is 2. The van der Waals surface area contributed by atoms with Gasteiger partial charge in [0.25, 0.3) is 5.56 Å². The van der Waals surface area contributed by atoms with Gasteiger partial charge < -0.3 is 30.0 Å². The van der Waals surface area contributed by atoms with E-state index in [9.17, 15) is 24.2 Å². The maximum atomic E-state index is 15.0. The van der Waals surface area contributed by atoms with Gasteiger partial charge in [0, 0.05) is 22.6 Å². The molecule has 0 spiro atoms. The fourth-order valence-corrected chi connectivity index (χ4v) is 6.19. The van der Waals surface area contributed by atoms with E-state index >= 15 is 0 Å². The molecule has 0 saturated carbocycles. The molecule has 1 aromatic carbocycles. The van der Waals surface area contributed by atoms with Crippen LogP contribution in [0, 0.1) is 12.7 Å². The number of fused-ring (bicyclic) bond motifs is 5. The van der Waals surface area contributed by atoms with Crippen LogP contribution in [0.5, 0.6) is 0 Å². The minimum absolute atomic E-state index is 0. The van der Waals surface area contributed by atoms with Crippen LogP contribution >= 0.6 is 12.4 Å². The molecule has 2 aliphatic heterocycles. The van der Waals surface area contributed by atoms with E-state index in [-0.39, 0.29) is 74.3 Å². The molecule has 0 radical (unpaired) electrons. The molecule has 9 nitrogen and oxygen atoms in total. The maximum absolute atomic E-state index is 15.0. The number of hydrogen-bond acceptors (Lipinski definition) is 8. The van der Waals surface area contributed by atoms with Crippen molar-refractivity contribution < 1.29 is 28.9 Å². The van der Waals surface area contributed by atoms with Crippen molar-refractivity contribution in [3.8, 4) is 11.4 Å². The van der Waals surface area contributed by atoms with Gasteiger partial charge in [0.1, 0.15) is 12.4 Å². The molecule has 38 heavy (non-hydrogen) atoms. The highest BCUT2D eigenvalue weighted by Crippen LogP contribution is 2.47. The molecule has 4 heterocycles. The number of nitrogens with zero attached hydrogens (tertiary/aromatic N) is 2. The number of pyridine rings is 2. The van der Waals surface area contributed by atoms with Gasteiger partial charge in [-0.15, -0.1) is 12.4 Å². The topological polar surface area (TPSA) is 137 Å². The third-order valence-corrected chi connectivity index (χ3v) is 8.22. The van der Waals surface area contributed by atoms with E-state index in [2.05, 4.69) is 0 Å². The summed E-state index contributed by atoms with van der Waals surface area (Å²) in [6.07, 6.45) is 1.06. The first-order valence-corrected chi connectivity index (χ1v) is 12.4. The Morgan fingerprint density at radius 2 is 2.03 bits per heavy atom. The number of esters is 1. The summed E-state index contributed by atoms with van der Waals surface area (Å²) in [5.74, 6) is -1.17. The number of aromatic nitrogens is 2. The highest BCUT2D eigenvalue weighted by Gasteiger charge is 2.46. The van der Waals surface area contributed by atoms with Crippen molar-refractivity contribution in [1.29, 1.82) is 0 Å². The zero-order chi connectivity index (χ0) is 26.3. The van der Waals surface area contributed by atoms with Gasteiger partial charge in [-0.3, -0.25) is 4.79 Å². The molecule has 11 heteroatoms. The first-order chi connectivity index (χ1) is 17.6. The van der Waals surface area contributed by atoms with Gasteiger partial charge in [0.05, 0.1) is 54.4 Å². The molecule has 0 saturated heterocycles. The van der Waals surface area contributed by atoms with Crippen LogP contribution in [0.4, 0.5) is 4.39 Å². The number of ether oxygens (including phenoxy) is 2. The smallest absolute Gasteiger partial charge is 0.343 e. The Hall–Kier alpha value is -2.89. The average molecular weight is 546 g/mol. The number of hydrogen-bond donors (Lipinski definition) is 3. The quantitative estimate of drug-likeness (QED) is 0.256. The van der Waals surface area contributed by atoms with Gasteiger partial charge in [-0.1, -0.05) is 6.92 Å². The van der Waals surface area contributed by atoms with Crippen molar-refractivity contribution in [2.75, 3.05) is 19.8 Å². The summed E-state index contributed by atoms with van der Waals surface area (Å²) < 4.78 is 27.4. The Kier molecular flexibility index (Phi) is 6.39. The minimum atomic E-state index is -1.94. The number of carbonyl (C=O) groups excluding carboxylic acids is 1. The van der Waals surface area contributed by atoms with E-state index in [1.165, 1.54) is 6.07 Å². The van der Waals surface area contributed by atoms with Gasteiger partial charge in [-0.2, -0.15) is 0 Å². The number of halogens is 2. The molecule has 3 aliphatic rings. The van der Waals surface area contributed by atoms with Crippen LogP contribution in [0.1, 0.15) is 53.1 Å². The monoisotopic (exact) mass is 545 g/mol. The summed E-state index contributed by atoms with van der Waals surface area (Å²) in [5.41, 5.74) is 8.36. The number of cyclic esters (lactones) is 1. The number of aryl methyl sites for hydroxylation is 1. The first kappa shape index (κ1) is 26.7. The van der Waals surface area contributed by atoms with Gasteiger partial charge in [-0.05, 0) is 48.9 Å². The summed E-state index contributed by atoms with van der Waals surface area (Å²) >= 11 is 0. The fourth-order valence-electron chi connectivity index (χ4n) is 6.19. The SMILES string of the molecule is CC[C@@]1(O)C(=O)OCc2c1cc1n(c2=O)Cc2c-1nc1cc(F)c(C)c3c1c2C(N)(COCCO)CC3.Cl. The van der Waals surface area contributed by atoms with Gasteiger partial charge >= 0.3 is 5.97 Å². The van der Waals surface area contributed by atoms with Crippen LogP contribution in [0.2, 0.25) is 0 Å². The third kappa shape index (κ3) is 3.48. The van der Waals surface area contributed by atoms with Crippen LogP contribution < -0.4 is 11.3 Å². The van der Waals surface area contributed by atoms with Crippen molar-refractivity contribution in [2.45, 2.75) is 57.4 Å². The zero-order valence-corrected chi connectivity index (χ0v) is 21.9. The molecule has 202 valence electrons. The van der Waals surface area contributed by atoms with Crippen molar-refractivity contribution in [1.82, 2.24) is 9.55 Å². The Morgan fingerprint density at radius 3 is 2.74 bits per heavy atom. The van der Waals surface area contributed by atoms with Crippen molar-refractivity contribution >= 4 is 29.3 Å². The summed E-state index contributed by atoms with van der Waals surface area (Å²) in [7, 11) is 0. The summed E-state index contributed by atoms with van der Waals surface area (Å²) in [5, 5.41) is 21.2. The number of carbonyl (C=O) groups is 1. The van der Waals surface area contributed by atoms with Crippen molar-refractivity contribution in [2.24, 2.45) is 5.73 Å². The maximum Gasteiger partial charge on any atom is 0.343 e. The molecule has 1 unspecified atom stereocenters. The zero-order valence-electron chi connectivity index (χ0n) is 21.1. The second kappa shape index (κ2) is 9.10. The molecular weight excluding hydrogens is 517 g/mol. The van der Waals surface area contributed by atoms with Gasteiger partial charge in [-0.25, -0.2) is 14.2 Å². The molecule has 2 aromatic heterocycles. The van der Waals surface area contributed by atoms with E-state index in [1.54, 1.807) is 24.5 Å². The molecule has 0 bridgehead atoms. The van der Waals surface area contributed by atoms with Crippen LogP contribution in [0.25, 0.3) is 22.3 Å². The number of nitrogens with two attached hydrogens (primary N) is 1. The molecule has 3 aromatic rings. The van der Waals surface area contributed by atoms with Crippen molar-refractivity contribution in [3.63, 3.8) is 0 Å². The fraction of sp³-hybridized carbons (Fsp3) is 0.444. The normalized spacial score (nSPS) is 22.9. The lowest BCUT2D eigenvalue weighted by atomic mass is 9.74. The lowest BCUT2D eigenvalue weighted by Crippen LogP contribution is -2.45. The van der Waals surface area contributed by atoms with Crippen LogP contribution in [-0.4, -0.2) is 45.6 Å². The predicted molar refractivity (Wildman–Crippen MR) is 139 cm³/mol. The Morgan fingerprint density at radius 1 is 1.26 bits per heavy atom. The van der Waals surface area contributed by atoms with E-state index in [1.807, 2.05) is 0 Å². The van der Waals surface area contributed by atoms with Crippen molar-refractivity contribution in [3.05, 3.63) is 61.7 Å². The summed E-state index contributed by atoms with van der Waals surface area (Å²) in [4.78, 5) is 30.9. The Labute approximate surface area is 223 Å². The molecule has 1 aliphatic carbocycles. The standard InChI is InChI=1S/C27H28FN3O6.ClH/c1-3-27(35)17-8-20-23-15(10-31(20)24(33)16(17)11-37-25(27)34)22-21-14(13(2)18(28)9-19(21)30-23)4-5-26(22,29)12-36-7-6-32;/h8-9,32,35H,3-7,10-12,29H2,1-2H3;1H/t26?,27-;/m0./s1. The largest absolute Gasteiger partial charge is 0.458 e. The summed E-state index contributed by atoms with van der Waals surface area (Å²) in [6, 6.07) is 3.02. The number of aliphatic hydroxyl groups excluding tert-OH is 1. The Bertz CT molecular complexity index is 1570. The van der Waals surface area contributed by atoms with E-state index in [4.69, 9.17) is 20.2 Å². The third-order valence-electron chi connectivity index (χ3n) is 8.22. The van der Waals surface area contributed by atoms with E-state index in [0.29, 0.717) is 35.3 Å². The highest BCUT2D eigenvalue weighted by atomic mass is 35.5. The molecule has 0 fully saturated rings. The number of rotatable bonds is 5. The molecule has 6 rings (SSSR count). The summed E-state index contributed by atoms with van der Waals surface area (Å²) in [6.45, 7) is 3.46. The molecule has 2 atom stereocenters. The molecule has 0 amide bonds. The van der Waals surface area contributed by atoms with Gasteiger partial charge in [0.2, 0.25) is 0 Å². The molecule has 4 N–H and O–H groups in total. The second-order valence-electron chi connectivity index (χ2n) is 10.2. The Balaban J connectivity index is 0.00000294. The van der Waals surface area contributed by atoms with Crippen LogP contribution in [0.3, 0.4) is 0 Å². The van der Waals surface area contributed by atoms with Gasteiger partial charge in [0.15, 0.2) is 5.60 Å². The van der Waals surface area contributed by atoms with E-state index in [0.717, 1.165) is 22.1 Å². The first-order valence-electron chi connectivity index (χ1n) is 12.4. The lowest BCUT2D eigenvalue weighted by Gasteiger charge is -2.37. The van der Waals surface area contributed by atoms with Crippen LogP contribution in [0.15, 0.2) is 16.9 Å². The van der Waals surface area contributed by atoms with Crippen LogP contribution in [-0.2, 0) is 45.0 Å². The average Bonchev–Trinajstić information content (AvgIpc) is 3.24. The second-order valence-corrected chi connectivity index (χ2v) is 10.2. The van der Waals surface area contributed by atoms with E-state index < -0.39 is 17.1 Å². The highest BCUT2D eigenvalue weighted by molar-refractivity contribution is 5.93. The molecular formula is C27H29ClFN3O6. The predicted octanol–water partition coefficient (Wildman–Crippen LogP) is 2.06. The lowest BCUT2D eigenvalue weighted by molar-refractivity contribution is -0.172.